The molecule has 2 heteroatoms. The minimum absolute atomic E-state index is 0.704. The second-order valence-electron chi connectivity index (χ2n) is 5.05. The zero-order valence-electron chi connectivity index (χ0n) is 11.5. The molecule has 0 radical (unpaired) electrons. The van der Waals surface area contributed by atoms with Crippen LogP contribution < -0.4 is 0 Å². The molecule has 0 amide bonds. The third-order valence-electron chi connectivity index (χ3n) is 3.33. The predicted molar refractivity (Wildman–Crippen MR) is 78.3 cm³/mol. The van der Waals surface area contributed by atoms with Gasteiger partial charge in [-0.1, -0.05) is 30.2 Å². The number of nitrogens with zero attached hydrogens (tertiary/aromatic N) is 1. The number of hydrogen-bond donors (Lipinski definition) is 0. The van der Waals surface area contributed by atoms with E-state index in [1.54, 1.807) is 0 Å². The molecule has 0 aliphatic rings. The van der Waals surface area contributed by atoms with Crippen LogP contribution in [-0.2, 0) is 6.42 Å². The molecule has 19 heavy (non-hydrogen) atoms. The maximum atomic E-state index is 5.85. The molecule has 3 aromatic rings. The van der Waals surface area contributed by atoms with Gasteiger partial charge in [-0.2, -0.15) is 0 Å². The highest BCUT2D eigenvalue weighted by atomic mass is 16.3. The number of fused-ring (bicyclic) bond motifs is 1. The normalized spacial score (nSPS) is 11.1. The maximum Gasteiger partial charge on any atom is 0.227 e. The lowest BCUT2D eigenvalue weighted by atomic mass is 10.1. The molecular formula is C17H17NO. The SMILES string of the molecule is CCc1ccc2oc(-c3cc(C)cc(C)c3)nc2c1. The van der Waals surface area contributed by atoms with E-state index < -0.39 is 0 Å². The minimum atomic E-state index is 0.704. The molecule has 0 atom stereocenters. The Kier molecular flexibility index (Phi) is 2.86. The van der Waals surface area contributed by atoms with E-state index in [-0.39, 0.29) is 0 Å². The third kappa shape index (κ3) is 2.26. The second kappa shape index (κ2) is 4.54. The first-order valence-electron chi connectivity index (χ1n) is 6.64. The summed E-state index contributed by atoms with van der Waals surface area (Å²) in [5.41, 5.74) is 6.58. The molecule has 0 aliphatic heterocycles. The first-order chi connectivity index (χ1) is 9.15. The molecule has 1 heterocycles. The maximum absolute atomic E-state index is 5.85. The van der Waals surface area contributed by atoms with Gasteiger partial charge in [0.15, 0.2) is 5.58 Å². The fraction of sp³-hybridized carbons (Fsp3) is 0.235. The number of rotatable bonds is 2. The molecule has 2 nitrogen and oxygen atoms in total. The molecule has 96 valence electrons. The molecule has 2 aromatic carbocycles. The van der Waals surface area contributed by atoms with Crippen molar-refractivity contribution in [2.45, 2.75) is 27.2 Å². The van der Waals surface area contributed by atoms with Crippen molar-refractivity contribution in [2.75, 3.05) is 0 Å². The Hall–Kier alpha value is -2.09. The number of hydrogen-bond acceptors (Lipinski definition) is 2. The fourth-order valence-corrected chi connectivity index (χ4v) is 2.41. The summed E-state index contributed by atoms with van der Waals surface area (Å²) in [6, 6.07) is 12.6. The van der Waals surface area contributed by atoms with Crippen LogP contribution in [0, 0.1) is 13.8 Å². The quantitative estimate of drug-likeness (QED) is 0.661. The minimum Gasteiger partial charge on any atom is -0.436 e. The molecule has 0 N–H and O–H groups in total. The lowest BCUT2D eigenvalue weighted by molar-refractivity contribution is 0.619. The average Bonchev–Trinajstić information content (AvgIpc) is 2.80. The molecule has 0 unspecified atom stereocenters. The summed E-state index contributed by atoms with van der Waals surface area (Å²) in [7, 11) is 0. The van der Waals surface area contributed by atoms with Gasteiger partial charge in [-0.3, -0.25) is 0 Å². The number of aryl methyl sites for hydroxylation is 3. The Morgan fingerprint density at radius 2 is 1.74 bits per heavy atom. The zero-order valence-corrected chi connectivity index (χ0v) is 11.5. The van der Waals surface area contributed by atoms with Crippen LogP contribution in [0.2, 0.25) is 0 Å². The third-order valence-corrected chi connectivity index (χ3v) is 3.33. The van der Waals surface area contributed by atoms with Crippen molar-refractivity contribution in [1.29, 1.82) is 0 Å². The van der Waals surface area contributed by atoms with Crippen molar-refractivity contribution in [3.8, 4) is 11.5 Å². The van der Waals surface area contributed by atoms with Crippen LogP contribution in [0.4, 0.5) is 0 Å². The van der Waals surface area contributed by atoms with Gasteiger partial charge in [0, 0.05) is 5.56 Å². The van der Waals surface area contributed by atoms with Gasteiger partial charge >= 0.3 is 0 Å². The van der Waals surface area contributed by atoms with E-state index in [9.17, 15) is 0 Å². The van der Waals surface area contributed by atoms with Crippen LogP contribution in [-0.4, -0.2) is 4.98 Å². The Morgan fingerprint density at radius 1 is 1.00 bits per heavy atom. The Labute approximate surface area is 113 Å². The first kappa shape index (κ1) is 12.0. The molecule has 0 spiro atoms. The molecule has 0 aliphatic carbocycles. The fourth-order valence-electron chi connectivity index (χ4n) is 2.41. The van der Waals surface area contributed by atoms with E-state index in [4.69, 9.17) is 4.42 Å². The molecule has 0 saturated carbocycles. The zero-order chi connectivity index (χ0) is 13.4. The predicted octanol–water partition coefficient (Wildman–Crippen LogP) is 4.67. The summed E-state index contributed by atoms with van der Waals surface area (Å²) < 4.78 is 5.85. The largest absolute Gasteiger partial charge is 0.436 e. The van der Waals surface area contributed by atoms with Crippen LogP contribution in [0.3, 0.4) is 0 Å². The van der Waals surface area contributed by atoms with E-state index in [1.807, 2.05) is 6.07 Å². The summed E-state index contributed by atoms with van der Waals surface area (Å²) in [6.45, 7) is 6.33. The summed E-state index contributed by atoms with van der Waals surface area (Å²) in [4.78, 5) is 4.61. The highest BCUT2D eigenvalue weighted by molar-refractivity contribution is 5.77. The van der Waals surface area contributed by atoms with Crippen molar-refractivity contribution in [3.05, 3.63) is 53.1 Å². The number of aromatic nitrogens is 1. The molecule has 0 saturated heterocycles. The average molecular weight is 251 g/mol. The van der Waals surface area contributed by atoms with Crippen LogP contribution >= 0.6 is 0 Å². The first-order valence-corrected chi connectivity index (χ1v) is 6.64. The molecule has 1 aromatic heterocycles. The number of oxazole rings is 1. The molecule has 0 bridgehead atoms. The monoisotopic (exact) mass is 251 g/mol. The van der Waals surface area contributed by atoms with Gasteiger partial charge in [0.2, 0.25) is 5.89 Å². The van der Waals surface area contributed by atoms with Gasteiger partial charge in [-0.05, 0) is 50.1 Å². The highest BCUT2D eigenvalue weighted by Gasteiger charge is 2.09. The smallest absolute Gasteiger partial charge is 0.227 e. The molecular weight excluding hydrogens is 234 g/mol. The highest BCUT2D eigenvalue weighted by Crippen LogP contribution is 2.26. The van der Waals surface area contributed by atoms with E-state index in [0.717, 1.165) is 23.1 Å². The van der Waals surface area contributed by atoms with Gasteiger partial charge in [-0.25, -0.2) is 4.98 Å². The standard InChI is InChI=1S/C17H17NO/c1-4-13-5-6-16-15(10-13)18-17(19-16)14-8-11(2)7-12(3)9-14/h5-10H,4H2,1-3H3. The van der Waals surface area contributed by atoms with Crippen LogP contribution in [0.15, 0.2) is 40.8 Å². The number of benzene rings is 2. The van der Waals surface area contributed by atoms with Gasteiger partial charge < -0.3 is 4.42 Å². The van der Waals surface area contributed by atoms with Crippen molar-refractivity contribution in [3.63, 3.8) is 0 Å². The topological polar surface area (TPSA) is 26.0 Å². The lowest BCUT2D eigenvalue weighted by Gasteiger charge is -2.00. The van der Waals surface area contributed by atoms with E-state index >= 15 is 0 Å². The van der Waals surface area contributed by atoms with E-state index in [2.05, 4.69) is 56.1 Å². The van der Waals surface area contributed by atoms with Crippen molar-refractivity contribution in [2.24, 2.45) is 0 Å². The second-order valence-corrected chi connectivity index (χ2v) is 5.05. The van der Waals surface area contributed by atoms with Crippen molar-refractivity contribution < 1.29 is 4.42 Å². The molecule has 3 rings (SSSR count). The Morgan fingerprint density at radius 3 is 2.42 bits per heavy atom. The molecule has 0 fully saturated rings. The van der Waals surface area contributed by atoms with Gasteiger partial charge in [-0.15, -0.1) is 0 Å². The van der Waals surface area contributed by atoms with E-state index in [1.165, 1.54) is 16.7 Å². The lowest BCUT2D eigenvalue weighted by Crippen LogP contribution is -1.82. The van der Waals surface area contributed by atoms with Crippen molar-refractivity contribution in [1.82, 2.24) is 4.98 Å². The Bertz CT molecular complexity index is 720. The summed E-state index contributed by atoms with van der Waals surface area (Å²) in [5.74, 6) is 0.704. The van der Waals surface area contributed by atoms with Gasteiger partial charge in [0.25, 0.3) is 0 Å². The summed E-state index contributed by atoms with van der Waals surface area (Å²) in [6.07, 6.45) is 1.02. The summed E-state index contributed by atoms with van der Waals surface area (Å²) >= 11 is 0. The summed E-state index contributed by atoms with van der Waals surface area (Å²) in [5, 5.41) is 0. The van der Waals surface area contributed by atoms with Gasteiger partial charge in [0.05, 0.1) is 0 Å². The van der Waals surface area contributed by atoms with Gasteiger partial charge in [0.1, 0.15) is 5.52 Å². The van der Waals surface area contributed by atoms with Crippen LogP contribution in [0.5, 0.6) is 0 Å². The Balaban J connectivity index is 2.14. The van der Waals surface area contributed by atoms with Crippen LogP contribution in [0.1, 0.15) is 23.6 Å². The van der Waals surface area contributed by atoms with E-state index in [0.29, 0.717) is 5.89 Å². The van der Waals surface area contributed by atoms with Crippen LogP contribution in [0.25, 0.3) is 22.6 Å². The van der Waals surface area contributed by atoms with Crippen molar-refractivity contribution >= 4 is 11.1 Å².